The van der Waals surface area contributed by atoms with Crippen LogP contribution in [0.2, 0.25) is 0 Å². The van der Waals surface area contributed by atoms with E-state index in [4.69, 9.17) is 9.84 Å². The molecule has 0 atom stereocenters. The van der Waals surface area contributed by atoms with Gasteiger partial charge in [-0.3, -0.25) is 9.89 Å². The molecule has 1 aromatic heterocycles. The van der Waals surface area contributed by atoms with Gasteiger partial charge >= 0.3 is 0 Å². The number of fused-ring (bicyclic) bond motifs is 1. The highest BCUT2D eigenvalue weighted by atomic mass is 16.5. The Balaban J connectivity index is 1.62. The highest BCUT2D eigenvalue weighted by Crippen LogP contribution is 2.18. The van der Waals surface area contributed by atoms with E-state index in [0.717, 1.165) is 22.2 Å². The molecule has 3 N–H and O–H groups in total. The molecule has 3 aromatic rings. The van der Waals surface area contributed by atoms with E-state index < -0.39 is 0 Å². The molecule has 6 nitrogen and oxygen atoms in total. The molecular formula is C18H19N3O3. The number of ether oxygens (including phenoxy) is 1. The van der Waals surface area contributed by atoms with Crippen molar-refractivity contribution in [2.45, 2.75) is 13.0 Å². The number of aliphatic hydroxyl groups excluding tert-OH is 1. The highest BCUT2D eigenvalue weighted by Gasteiger charge is 2.10. The zero-order valence-electron chi connectivity index (χ0n) is 13.2. The van der Waals surface area contributed by atoms with E-state index in [2.05, 4.69) is 15.5 Å². The minimum absolute atomic E-state index is 0.0480. The monoisotopic (exact) mass is 325 g/mol. The number of aromatic amines is 1. The standard InChI is InChI=1S/C18H19N3O3/c22-9-10-24-17-8-4-1-5-13(17)12-19-18(23)11-16-14-6-2-3-7-15(14)20-21-16/h1-8,22H,9-12H2,(H,19,23)(H,20,21). The van der Waals surface area contributed by atoms with E-state index in [1.807, 2.05) is 48.5 Å². The summed E-state index contributed by atoms with van der Waals surface area (Å²) in [5, 5.41) is 19.8. The fourth-order valence-electron chi connectivity index (χ4n) is 2.51. The quantitative estimate of drug-likeness (QED) is 0.618. The predicted molar refractivity (Wildman–Crippen MR) is 90.7 cm³/mol. The van der Waals surface area contributed by atoms with Crippen molar-refractivity contribution in [2.75, 3.05) is 13.2 Å². The third-order valence-corrected chi connectivity index (χ3v) is 3.68. The number of amides is 1. The van der Waals surface area contributed by atoms with Gasteiger partial charge in [0.1, 0.15) is 12.4 Å². The number of nitrogens with one attached hydrogen (secondary N) is 2. The summed E-state index contributed by atoms with van der Waals surface area (Å²) < 4.78 is 5.46. The first-order valence-electron chi connectivity index (χ1n) is 7.78. The topological polar surface area (TPSA) is 87.2 Å². The number of rotatable bonds is 7. The van der Waals surface area contributed by atoms with Gasteiger partial charge in [0.05, 0.1) is 24.2 Å². The zero-order chi connectivity index (χ0) is 16.8. The molecule has 0 aliphatic heterocycles. The Bertz CT molecular complexity index is 829. The first-order valence-corrected chi connectivity index (χ1v) is 7.78. The largest absolute Gasteiger partial charge is 0.491 e. The van der Waals surface area contributed by atoms with Crippen molar-refractivity contribution < 1.29 is 14.6 Å². The lowest BCUT2D eigenvalue weighted by atomic mass is 10.1. The van der Waals surface area contributed by atoms with Crippen molar-refractivity contribution in [3.05, 3.63) is 59.8 Å². The van der Waals surface area contributed by atoms with Crippen LogP contribution in [0.4, 0.5) is 0 Å². The summed E-state index contributed by atoms with van der Waals surface area (Å²) in [6, 6.07) is 15.1. The molecular weight excluding hydrogens is 306 g/mol. The van der Waals surface area contributed by atoms with Crippen LogP contribution in [0.3, 0.4) is 0 Å². The number of benzene rings is 2. The molecule has 0 saturated heterocycles. The number of para-hydroxylation sites is 2. The number of aliphatic hydroxyl groups is 1. The maximum absolute atomic E-state index is 12.2. The van der Waals surface area contributed by atoms with Gasteiger partial charge in [0.2, 0.25) is 5.91 Å². The first-order chi connectivity index (χ1) is 11.8. The molecule has 0 saturated carbocycles. The van der Waals surface area contributed by atoms with Crippen molar-refractivity contribution in [3.63, 3.8) is 0 Å². The van der Waals surface area contributed by atoms with Crippen LogP contribution in [0.15, 0.2) is 48.5 Å². The number of H-pyrrole nitrogens is 1. The Morgan fingerprint density at radius 3 is 2.83 bits per heavy atom. The summed E-state index contributed by atoms with van der Waals surface area (Å²) >= 11 is 0. The molecule has 0 aliphatic rings. The summed E-state index contributed by atoms with van der Waals surface area (Å²) in [6.45, 7) is 0.547. The fourth-order valence-corrected chi connectivity index (χ4v) is 2.51. The maximum atomic E-state index is 12.2. The van der Waals surface area contributed by atoms with Crippen molar-refractivity contribution in [1.29, 1.82) is 0 Å². The van der Waals surface area contributed by atoms with Gasteiger partial charge in [-0.05, 0) is 12.1 Å². The minimum Gasteiger partial charge on any atom is -0.491 e. The molecule has 3 rings (SSSR count). The van der Waals surface area contributed by atoms with Crippen LogP contribution in [-0.4, -0.2) is 34.4 Å². The van der Waals surface area contributed by atoms with Gasteiger partial charge in [-0.15, -0.1) is 0 Å². The van der Waals surface area contributed by atoms with Crippen LogP contribution in [0.5, 0.6) is 5.75 Å². The lowest BCUT2D eigenvalue weighted by Crippen LogP contribution is -2.25. The molecule has 1 amide bonds. The van der Waals surface area contributed by atoms with Crippen LogP contribution in [0.1, 0.15) is 11.3 Å². The SMILES string of the molecule is O=C(Cc1[nH]nc2ccccc12)NCc1ccccc1OCCO. The van der Waals surface area contributed by atoms with Crippen molar-refractivity contribution >= 4 is 16.8 Å². The number of carbonyl (C=O) groups is 1. The number of hydrogen-bond donors (Lipinski definition) is 3. The normalized spacial score (nSPS) is 10.7. The first kappa shape index (κ1) is 16.0. The van der Waals surface area contributed by atoms with Gasteiger partial charge < -0.3 is 15.2 Å². The van der Waals surface area contributed by atoms with Crippen LogP contribution in [0.25, 0.3) is 10.9 Å². The summed E-state index contributed by atoms with van der Waals surface area (Å²) in [5.41, 5.74) is 2.52. The molecule has 1 heterocycles. The van der Waals surface area contributed by atoms with Gasteiger partial charge in [0.25, 0.3) is 0 Å². The van der Waals surface area contributed by atoms with Crippen molar-refractivity contribution in [2.24, 2.45) is 0 Å². The Morgan fingerprint density at radius 1 is 1.17 bits per heavy atom. The average Bonchev–Trinajstić information content (AvgIpc) is 3.02. The fraction of sp³-hybridized carbons (Fsp3) is 0.222. The van der Waals surface area contributed by atoms with Gasteiger partial charge in [0, 0.05) is 17.5 Å². The second-order valence-electron chi connectivity index (χ2n) is 5.35. The van der Waals surface area contributed by atoms with Gasteiger partial charge in [-0.1, -0.05) is 36.4 Å². The molecule has 124 valence electrons. The molecule has 0 spiro atoms. The van der Waals surface area contributed by atoms with Crippen molar-refractivity contribution in [1.82, 2.24) is 15.5 Å². The summed E-state index contributed by atoms with van der Waals surface area (Å²) in [4.78, 5) is 12.2. The van der Waals surface area contributed by atoms with E-state index in [1.54, 1.807) is 0 Å². The summed E-state index contributed by atoms with van der Waals surface area (Å²) in [6.07, 6.45) is 0.236. The number of aromatic nitrogens is 2. The van der Waals surface area contributed by atoms with Crippen LogP contribution < -0.4 is 10.1 Å². The predicted octanol–water partition coefficient (Wildman–Crippen LogP) is 1.79. The number of carbonyl (C=O) groups excluding carboxylic acids is 1. The molecule has 2 aromatic carbocycles. The van der Waals surface area contributed by atoms with Gasteiger partial charge in [0.15, 0.2) is 0 Å². The smallest absolute Gasteiger partial charge is 0.226 e. The molecule has 0 bridgehead atoms. The molecule has 24 heavy (non-hydrogen) atoms. The van der Waals surface area contributed by atoms with Gasteiger partial charge in [-0.2, -0.15) is 5.10 Å². The summed E-state index contributed by atoms with van der Waals surface area (Å²) in [5.74, 6) is 0.570. The van der Waals surface area contributed by atoms with E-state index in [-0.39, 0.29) is 25.5 Å². The Morgan fingerprint density at radius 2 is 1.96 bits per heavy atom. The Hall–Kier alpha value is -2.86. The van der Waals surface area contributed by atoms with E-state index in [0.29, 0.717) is 12.3 Å². The van der Waals surface area contributed by atoms with Crippen LogP contribution in [-0.2, 0) is 17.8 Å². The Labute approximate surface area is 139 Å². The second-order valence-corrected chi connectivity index (χ2v) is 5.35. The summed E-state index contributed by atoms with van der Waals surface area (Å²) in [7, 11) is 0. The average molecular weight is 325 g/mol. The van der Waals surface area contributed by atoms with Crippen molar-refractivity contribution in [3.8, 4) is 5.75 Å². The highest BCUT2D eigenvalue weighted by molar-refractivity contribution is 5.87. The van der Waals surface area contributed by atoms with Crippen LogP contribution in [0, 0.1) is 0 Å². The van der Waals surface area contributed by atoms with E-state index >= 15 is 0 Å². The lowest BCUT2D eigenvalue weighted by Gasteiger charge is -2.11. The molecule has 0 radical (unpaired) electrons. The molecule has 0 fully saturated rings. The second kappa shape index (κ2) is 7.61. The third kappa shape index (κ3) is 3.72. The number of hydrogen-bond acceptors (Lipinski definition) is 4. The zero-order valence-corrected chi connectivity index (χ0v) is 13.2. The number of nitrogens with zero attached hydrogens (tertiary/aromatic N) is 1. The van der Waals surface area contributed by atoms with E-state index in [1.165, 1.54) is 0 Å². The maximum Gasteiger partial charge on any atom is 0.226 e. The molecule has 0 unspecified atom stereocenters. The van der Waals surface area contributed by atoms with E-state index in [9.17, 15) is 4.79 Å². The minimum atomic E-state index is -0.0960. The molecule has 0 aliphatic carbocycles. The Kier molecular flexibility index (Phi) is 5.08. The van der Waals surface area contributed by atoms with Crippen LogP contribution >= 0.6 is 0 Å². The molecule has 6 heteroatoms. The lowest BCUT2D eigenvalue weighted by molar-refractivity contribution is -0.120. The third-order valence-electron chi connectivity index (χ3n) is 3.68. The van der Waals surface area contributed by atoms with Gasteiger partial charge in [-0.25, -0.2) is 0 Å².